The molecular formula is C15H15NO4. The van der Waals surface area contributed by atoms with Crippen molar-refractivity contribution in [2.24, 2.45) is 0 Å². The molecule has 1 aliphatic rings. The van der Waals surface area contributed by atoms with Crippen LogP contribution in [0.5, 0.6) is 0 Å². The quantitative estimate of drug-likeness (QED) is 0.674. The lowest BCUT2D eigenvalue weighted by molar-refractivity contribution is -0.131. The van der Waals surface area contributed by atoms with Crippen LogP contribution >= 0.6 is 0 Å². The number of benzene rings is 1. The molecule has 1 N–H and O–H groups in total. The lowest BCUT2D eigenvalue weighted by atomic mass is 10.0. The molecule has 0 atom stereocenters. The van der Waals surface area contributed by atoms with Crippen LogP contribution < -0.4 is 4.90 Å². The van der Waals surface area contributed by atoms with E-state index in [1.807, 2.05) is 19.9 Å². The zero-order valence-corrected chi connectivity index (χ0v) is 11.6. The summed E-state index contributed by atoms with van der Waals surface area (Å²) in [6, 6.07) is 3.46. The maximum Gasteiger partial charge on any atom is 0.328 e. The molecule has 1 amide bonds. The number of anilines is 1. The predicted molar refractivity (Wildman–Crippen MR) is 74.0 cm³/mol. The first-order valence-corrected chi connectivity index (χ1v) is 6.19. The van der Waals surface area contributed by atoms with Crippen molar-refractivity contribution in [3.05, 3.63) is 40.5 Å². The molecule has 0 aliphatic carbocycles. The van der Waals surface area contributed by atoms with Gasteiger partial charge in [-0.15, -0.1) is 0 Å². The molecule has 20 heavy (non-hydrogen) atoms. The van der Waals surface area contributed by atoms with Crippen molar-refractivity contribution in [3.8, 4) is 0 Å². The van der Waals surface area contributed by atoms with Crippen LogP contribution in [0, 0.1) is 13.8 Å². The van der Waals surface area contributed by atoms with Gasteiger partial charge in [-0.3, -0.25) is 9.59 Å². The minimum Gasteiger partial charge on any atom is -0.478 e. The number of nitrogens with zero attached hydrogens (tertiary/aromatic N) is 1. The van der Waals surface area contributed by atoms with Crippen LogP contribution in [0.15, 0.2) is 23.8 Å². The Hall–Kier alpha value is -2.43. The van der Waals surface area contributed by atoms with Gasteiger partial charge in [0.15, 0.2) is 0 Å². The Balaban J connectivity index is 2.48. The van der Waals surface area contributed by atoms with E-state index in [1.165, 1.54) is 4.90 Å². The summed E-state index contributed by atoms with van der Waals surface area (Å²) in [6.07, 6.45) is 1.04. The first-order chi connectivity index (χ1) is 9.32. The molecule has 0 spiro atoms. The van der Waals surface area contributed by atoms with E-state index in [0.717, 1.165) is 17.2 Å². The molecular weight excluding hydrogens is 258 g/mol. The number of aliphatic carboxylic acids is 1. The zero-order valence-electron chi connectivity index (χ0n) is 11.6. The summed E-state index contributed by atoms with van der Waals surface area (Å²) in [5, 5.41) is 8.72. The zero-order chi connectivity index (χ0) is 15.0. The van der Waals surface area contributed by atoms with Crippen molar-refractivity contribution >= 4 is 23.3 Å². The van der Waals surface area contributed by atoms with Crippen LogP contribution in [-0.2, 0) is 9.59 Å². The number of fused-ring (bicyclic) bond motifs is 1. The first kappa shape index (κ1) is 14.0. The fraction of sp³-hybridized carbons (Fsp3) is 0.267. The molecule has 0 bridgehead atoms. The number of hydrogen-bond donors (Lipinski definition) is 1. The number of ketones is 1. The highest BCUT2D eigenvalue weighted by Gasteiger charge is 2.37. The molecule has 1 heterocycles. The van der Waals surface area contributed by atoms with Crippen LogP contribution in [0.4, 0.5) is 5.69 Å². The first-order valence-electron chi connectivity index (χ1n) is 6.19. The summed E-state index contributed by atoms with van der Waals surface area (Å²) < 4.78 is 0. The van der Waals surface area contributed by atoms with Crippen LogP contribution in [0.1, 0.15) is 28.4 Å². The van der Waals surface area contributed by atoms with Gasteiger partial charge in [0.25, 0.3) is 11.7 Å². The largest absolute Gasteiger partial charge is 0.478 e. The normalized spacial score (nSPS) is 14.8. The summed E-state index contributed by atoms with van der Waals surface area (Å²) in [5.41, 5.74) is 3.34. The summed E-state index contributed by atoms with van der Waals surface area (Å²) in [4.78, 5) is 36.0. The van der Waals surface area contributed by atoms with Gasteiger partial charge in [-0.05, 0) is 43.5 Å². The maximum atomic E-state index is 12.0. The highest BCUT2D eigenvalue weighted by atomic mass is 16.4. The topological polar surface area (TPSA) is 74.7 Å². The second-order valence-electron chi connectivity index (χ2n) is 4.95. The molecule has 0 unspecified atom stereocenters. The standard InChI is InChI=1S/C15H15NO4/c1-8(6-12(17)18)7-16-13-10(3)9(2)4-5-11(13)14(19)15(16)20/h4-6H,7H2,1-3H3,(H,17,18). The monoisotopic (exact) mass is 273 g/mol. The Morgan fingerprint density at radius 1 is 1.30 bits per heavy atom. The van der Waals surface area contributed by atoms with Crippen molar-refractivity contribution in [1.29, 1.82) is 0 Å². The number of aryl methyl sites for hydroxylation is 1. The number of Topliss-reactive ketones (excluding diaryl/α,β-unsaturated/α-hetero) is 1. The number of rotatable bonds is 3. The molecule has 1 aromatic carbocycles. The summed E-state index contributed by atoms with van der Waals surface area (Å²) in [7, 11) is 0. The minimum absolute atomic E-state index is 0.105. The van der Waals surface area contributed by atoms with Crippen molar-refractivity contribution < 1.29 is 19.5 Å². The van der Waals surface area contributed by atoms with Crippen molar-refractivity contribution in [1.82, 2.24) is 0 Å². The number of carbonyl (C=O) groups excluding carboxylic acids is 2. The van der Waals surface area contributed by atoms with Gasteiger partial charge in [0.05, 0.1) is 11.3 Å². The fourth-order valence-electron chi connectivity index (χ4n) is 2.33. The van der Waals surface area contributed by atoms with Crippen LogP contribution in [0.25, 0.3) is 0 Å². The number of hydrogen-bond acceptors (Lipinski definition) is 3. The Bertz CT molecular complexity index is 658. The molecule has 0 saturated carbocycles. The molecule has 1 aromatic rings. The maximum absolute atomic E-state index is 12.0. The second kappa shape index (κ2) is 4.92. The summed E-state index contributed by atoms with van der Waals surface area (Å²) in [5.74, 6) is -2.21. The molecule has 0 fully saturated rings. The van der Waals surface area contributed by atoms with Gasteiger partial charge < -0.3 is 10.0 Å². The van der Waals surface area contributed by atoms with E-state index in [9.17, 15) is 14.4 Å². The molecule has 2 rings (SSSR count). The molecule has 0 radical (unpaired) electrons. The van der Waals surface area contributed by atoms with E-state index < -0.39 is 17.7 Å². The Labute approximate surface area is 116 Å². The highest BCUT2D eigenvalue weighted by molar-refractivity contribution is 6.52. The minimum atomic E-state index is -1.07. The van der Waals surface area contributed by atoms with E-state index in [2.05, 4.69) is 0 Å². The fourth-order valence-corrected chi connectivity index (χ4v) is 2.33. The van der Waals surface area contributed by atoms with Crippen molar-refractivity contribution in [3.63, 3.8) is 0 Å². The average Bonchev–Trinajstić information content (AvgIpc) is 2.58. The summed E-state index contributed by atoms with van der Waals surface area (Å²) in [6.45, 7) is 5.48. The molecule has 1 aliphatic heterocycles. The van der Waals surface area contributed by atoms with Gasteiger partial charge in [-0.1, -0.05) is 6.07 Å². The number of carboxylic acid groups (broad SMARTS) is 1. The van der Waals surface area contributed by atoms with Crippen LogP contribution in [0.2, 0.25) is 0 Å². The van der Waals surface area contributed by atoms with Crippen LogP contribution in [-0.4, -0.2) is 29.3 Å². The third-order valence-electron chi connectivity index (χ3n) is 3.43. The number of amides is 1. The molecule has 104 valence electrons. The van der Waals surface area contributed by atoms with E-state index >= 15 is 0 Å². The Kier molecular flexibility index (Phi) is 3.44. The molecule has 5 nitrogen and oxygen atoms in total. The highest BCUT2D eigenvalue weighted by Crippen LogP contribution is 2.34. The third kappa shape index (κ3) is 2.22. The van der Waals surface area contributed by atoms with Gasteiger partial charge in [-0.25, -0.2) is 4.79 Å². The smallest absolute Gasteiger partial charge is 0.328 e. The van der Waals surface area contributed by atoms with Crippen molar-refractivity contribution in [2.75, 3.05) is 11.4 Å². The van der Waals surface area contributed by atoms with Gasteiger partial charge in [-0.2, -0.15) is 0 Å². The Morgan fingerprint density at radius 2 is 1.95 bits per heavy atom. The molecule has 0 aromatic heterocycles. The van der Waals surface area contributed by atoms with Crippen LogP contribution in [0.3, 0.4) is 0 Å². The van der Waals surface area contributed by atoms with Gasteiger partial charge in [0.1, 0.15) is 0 Å². The lowest BCUT2D eigenvalue weighted by Gasteiger charge is -2.19. The lowest BCUT2D eigenvalue weighted by Crippen LogP contribution is -2.31. The SMILES string of the molecule is CC(=CC(=O)O)CN1C(=O)C(=O)c2ccc(C)c(C)c21. The average molecular weight is 273 g/mol. The molecule has 5 heteroatoms. The third-order valence-corrected chi connectivity index (χ3v) is 3.43. The van der Waals surface area contributed by atoms with Crippen molar-refractivity contribution in [2.45, 2.75) is 20.8 Å². The number of carbonyl (C=O) groups is 3. The number of carboxylic acids is 1. The predicted octanol–water partition coefficient (Wildman–Crippen LogP) is 1.86. The van der Waals surface area contributed by atoms with E-state index in [0.29, 0.717) is 16.8 Å². The van der Waals surface area contributed by atoms with E-state index in [4.69, 9.17) is 5.11 Å². The van der Waals surface area contributed by atoms with E-state index in [1.54, 1.807) is 13.0 Å². The van der Waals surface area contributed by atoms with Gasteiger partial charge >= 0.3 is 5.97 Å². The Morgan fingerprint density at radius 3 is 2.55 bits per heavy atom. The van der Waals surface area contributed by atoms with Gasteiger partial charge in [0.2, 0.25) is 0 Å². The van der Waals surface area contributed by atoms with Gasteiger partial charge in [0, 0.05) is 12.6 Å². The molecule has 0 saturated heterocycles. The summed E-state index contributed by atoms with van der Waals surface area (Å²) >= 11 is 0. The second-order valence-corrected chi connectivity index (χ2v) is 4.95. The van der Waals surface area contributed by atoms with E-state index in [-0.39, 0.29) is 6.54 Å².